The fraction of sp³-hybridized carbons (Fsp3) is 0. The number of carbonyl (C=O) groups is 1. The van der Waals surface area contributed by atoms with Crippen LogP contribution in [0.25, 0.3) is 0 Å². The molecule has 0 saturated carbocycles. The average Bonchev–Trinajstić information content (AvgIpc) is 2.39. The zero-order valence-electron chi connectivity index (χ0n) is 9.52. The monoisotopic (exact) mass is 319 g/mol. The second-order valence-electron chi connectivity index (χ2n) is 3.59. The summed E-state index contributed by atoms with van der Waals surface area (Å²) in [6.45, 7) is 0. The van der Waals surface area contributed by atoms with E-state index in [1.165, 1.54) is 24.4 Å². The Morgan fingerprint density at radius 2 is 2.16 bits per heavy atom. The van der Waals surface area contributed by atoms with Crippen LogP contribution in [0.3, 0.4) is 0 Å². The Hall–Kier alpha value is -2.26. The van der Waals surface area contributed by atoms with Gasteiger partial charge in [-0.05, 0) is 40.2 Å². The van der Waals surface area contributed by atoms with Crippen molar-refractivity contribution in [1.82, 2.24) is 4.98 Å². The van der Waals surface area contributed by atoms with Crippen LogP contribution < -0.4 is 5.32 Å². The molecule has 94 valence electrons. The zero-order valence-corrected chi connectivity index (χ0v) is 11.1. The summed E-state index contributed by atoms with van der Waals surface area (Å²) in [5, 5.41) is 11.3. The first-order chi connectivity index (χ1) is 9.11. The third-order valence-electron chi connectivity index (χ3n) is 2.33. The molecule has 0 radical (unpaired) electrons. The molecule has 1 aromatic carbocycles. The normalized spacial score (nSPS) is 9.74. The summed E-state index contributed by atoms with van der Waals surface area (Å²) >= 11 is 3.21. The van der Waals surface area contributed by atoms with Gasteiger partial charge in [0.1, 0.15) is 23.1 Å². The Balaban J connectivity index is 2.27. The van der Waals surface area contributed by atoms with Gasteiger partial charge in [0.15, 0.2) is 0 Å². The number of carbonyl (C=O) groups excluding carboxylic acids is 1. The number of pyridine rings is 1. The molecule has 1 amide bonds. The number of nitrogens with zero attached hydrogens (tertiary/aromatic N) is 2. The molecular formula is C13H7BrFN3O. The predicted molar refractivity (Wildman–Crippen MR) is 71.0 cm³/mol. The topological polar surface area (TPSA) is 65.8 Å². The molecule has 19 heavy (non-hydrogen) atoms. The third kappa shape index (κ3) is 2.95. The minimum atomic E-state index is -0.677. The van der Waals surface area contributed by atoms with Crippen molar-refractivity contribution in [3.05, 3.63) is 58.1 Å². The lowest BCUT2D eigenvalue weighted by Gasteiger charge is -2.06. The lowest BCUT2D eigenvalue weighted by molar-refractivity contribution is 0.102. The highest BCUT2D eigenvalue weighted by Crippen LogP contribution is 2.18. The van der Waals surface area contributed by atoms with Crippen LogP contribution in [0.4, 0.5) is 10.1 Å². The highest BCUT2D eigenvalue weighted by molar-refractivity contribution is 9.10. The van der Waals surface area contributed by atoms with Crippen molar-refractivity contribution in [3.8, 4) is 6.07 Å². The third-order valence-corrected chi connectivity index (χ3v) is 2.80. The molecule has 2 aromatic rings. The van der Waals surface area contributed by atoms with E-state index in [0.717, 1.165) is 10.5 Å². The van der Waals surface area contributed by atoms with Crippen LogP contribution in [0, 0.1) is 17.1 Å². The summed E-state index contributed by atoms with van der Waals surface area (Å²) in [5.41, 5.74) is 0.0986. The average molecular weight is 320 g/mol. The summed E-state index contributed by atoms with van der Waals surface area (Å²) in [6, 6.07) is 8.93. The van der Waals surface area contributed by atoms with Gasteiger partial charge in [-0.25, -0.2) is 9.37 Å². The van der Waals surface area contributed by atoms with Gasteiger partial charge in [-0.1, -0.05) is 6.07 Å². The van der Waals surface area contributed by atoms with Gasteiger partial charge in [-0.2, -0.15) is 5.26 Å². The van der Waals surface area contributed by atoms with Crippen LogP contribution in [0.5, 0.6) is 0 Å². The van der Waals surface area contributed by atoms with Gasteiger partial charge < -0.3 is 5.32 Å². The van der Waals surface area contributed by atoms with Gasteiger partial charge in [-0.3, -0.25) is 4.79 Å². The number of rotatable bonds is 2. The minimum absolute atomic E-state index is 0.122. The lowest BCUT2D eigenvalue weighted by Crippen LogP contribution is -2.14. The van der Waals surface area contributed by atoms with Crippen LogP contribution >= 0.6 is 15.9 Å². The minimum Gasteiger partial charge on any atom is -0.319 e. The van der Waals surface area contributed by atoms with Gasteiger partial charge in [0, 0.05) is 10.7 Å². The molecule has 1 heterocycles. The molecule has 0 spiro atoms. The van der Waals surface area contributed by atoms with E-state index < -0.39 is 11.7 Å². The first kappa shape index (κ1) is 13.2. The molecule has 0 aliphatic heterocycles. The Bertz CT molecular complexity index is 665. The standard InChI is InChI=1S/C13H7BrFN3O/c14-8-4-5-12(17-7-8)13(19)18-11-3-1-2-10(15)9(11)6-16/h1-5,7H,(H,18,19). The van der Waals surface area contributed by atoms with E-state index in [9.17, 15) is 9.18 Å². The first-order valence-electron chi connectivity index (χ1n) is 5.23. The summed E-state index contributed by atoms with van der Waals surface area (Å²) in [4.78, 5) is 15.8. The highest BCUT2D eigenvalue weighted by atomic mass is 79.9. The predicted octanol–water partition coefficient (Wildman–Crippen LogP) is 3.11. The van der Waals surface area contributed by atoms with E-state index in [4.69, 9.17) is 5.26 Å². The summed E-state index contributed by atoms with van der Waals surface area (Å²) in [7, 11) is 0. The van der Waals surface area contributed by atoms with Gasteiger partial charge >= 0.3 is 0 Å². The molecule has 1 aromatic heterocycles. The number of benzene rings is 1. The number of nitriles is 1. The SMILES string of the molecule is N#Cc1c(F)cccc1NC(=O)c1ccc(Br)cn1. The highest BCUT2D eigenvalue weighted by Gasteiger charge is 2.12. The summed E-state index contributed by atoms with van der Waals surface area (Å²) in [6.07, 6.45) is 1.48. The van der Waals surface area contributed by atoms with Crippen LogP contribution in [0.2, 0.25) is 0 Å². The number of hydrogen-bond donors (Lipinski definition) is 1. The Morgan fingerprint density at radius 3 is 2.79 bits per heavy atom. The van der Waals surface area contributed by atoms with Crippen molar-refractivity contribution < 1.29 is 9.18 Å². The number of anilines is 1. The molecule has 4 nitrogen and oxygen atoms in total. The fourth-order valence-electron chi connectivity index (χ4n) is 1.44. The van der Waals surface area contributed by atoms with Crippen molar-refractivity contribution in [1.29, 1.82) is 5.26 Å². The van der Waals surface area contributed by atoms with E-state index in [0.29, 0.717) is 0 Å². The molecule has 0 bridgehead atoms. The maximum absolute atomic E-state index is 13.4. The van der Waals surface area contributed by atoms with Crippen molar-refractivity contribution in [2.75, 3.05) is 5.32 Å². The van der Waals surface area contributed by atoms with Gasteiger partial charge in [-0.15, -0.1) is 0 Å². The summed E-state index contributed by atoms with van der Waals surface area (Å²) < 4.78 is 14.1. The van der Waals surface area contributed by atoms with Crippen molar-refractivity contribution >= 4 is 27.5 Å². The molecule has 0 atom stereocenters. The largest absolute Gasteiger partial charge is 0.319 e. The Kier molecular flexibility index (Phi) is 3.88. The van der Waals surface area contributed by atoms with Gasteiger partial charge in [0.05, 0.1) is 5.69 Å². The molecule has 0 fully saturated rings. The fourth-order valence-corrected chi connectivity index (χ4v) is 1.67. The molecule has 0 saturated heterocycles. The van der Waals surface area contributed by atoms with E-state index >= 15 is 0 Å². The van der Waals surface area contributed by atoms with Crippen molar-refractivity contribution in [2.24, 2.45) is 0 Å². The maximum atomic E-state index is 13.4. The number of aromatic nitrogens is 1. The van der Waals surface area contributed by atoms with Gasteiger partial charge in [0.2, 0.25) is 0 Å². The van der Waals surface area contributed by atoms with Crippen molar-refractivity contribution in [2.45, 2.75) is 0 Å². The van der Waals surface area contributed by atoms with E-state index in [-0.39, 0.29) is 16.9 Å². The molecule has 0 aliphatic carbocycles. The summed E-state index contributed by atoms with van der Waals surface area (Å²) in [5.74, 6) is -1.18. The second-order valence-corrected chi connectivity index (χ2v) is 4.51. The Morgan fingerprint density at radius 1 is 1.37 bits per heavy atom. The Labute approximate surface area is 117 Å². The van der Waals surface area contributed by atoms with E-state index in [1.807, 2.05) is 0 Å². The molecule has 6 heteroatoms. The second kappa shape index (κ2) is 5.59. The van der Waals surface area contributed by atoms with Gasteiger partial charge in [0.25, 0.3) is 5.91 Å². The van der Waals surface area contributed by atoms with Crippen molar-refractivity contribution in [3.63, 3.8) is 0 Å². The molecule has 1 N–H and O–H groups in total. The molecule has 2 rings (SSSR count). The molecular weight excluding hydrogens is 313 g/mol. The first-order valence-corrected chi connectivity index (χ1v) is 6.02. The quantitative estimate of drug-likeness (QED) is 0.924. The maximum Gasteiger partial charge on any atom is 0.274 e. The van der Waals surface area contributed by atoms with Crippen LogP contribution in [0.15, 0.2) is 41.0 Å². The number of hydrogen-bond acceptors (Lipinski definition) is 3. The smallest absolute Gasteiger partial charge is 0.274 e. The number of nitrogens with one attached hydrogen (secondary N) is 1. The molecule has 0 aliphatic rings. The molecule has 0 unspecified atom stereocenters. The van der Waals surface area contributed by atoms with E-state index in [2.05, 4.69) is 26.2 Å². The van der Waals surface area contributed by atoms with Crippen LogP contribution in [-0.2, 0) is 0 Å². The zero-order chi connectivity index (χ0) is 13.8. The van der Waals surface area contributed by atoms with Crippen LogP contribution in [0.1, 0.15) is 16.1 Å². The van der Waals surface area contributed by atoms with E-state index in [1.54, 1.807) is 12.1 Å². The van der Waals surface area contributed by atoms with Crippen LogP contribution in [-0.4, -0.2) is 10.9 Å². The lowest BCUT2D eigenvalue weighted by atomic mass is 10.2. The number of amides is 1. The number of halogens is 2.